The molecule has 0 bridgehead atoms. The molecule has 0 saturated heterocycles. The third-order valence-electron chi connectivity index (χ3n) is 4.64. The van der Waals surface area contributed by atoms with Gasteiger partial charge in [-0.3, -0.25) is 9.48 Å². The first kappa shape index (κ1) is 17.8. The van der Waals surface area contributed by atoms with Crippen molar-refractivity contribution in [3.63, 3.8) is 0 Å². The summed E-state index contributed by atoms with van der Waals surface area (Å²) in [5, 5.41) is 13.4. The highest BCUT2D eigenvalue weighted by atomic mass is 35.5. The number of nitrogens with one attached hydrogen (secondary N) is 1. The Balaban J connectivity index is 1.47. The zero-order valence-electron chi connectivity index (χ0n) is 15.3. The summed E-state index contributed by atoms with van der Waals surface area (Å²) in [4.78, 5) is 18.6. The number of aryl methyl sites for hydroxylation is 1. The summed E-state index contributed by atoms with van der Waals surface area (Å²) in [5.41, 5.74) is 2.53. The molecule has 1 amide bonds. The molecule has 5 rings (SSSR count). The number of hydrogen-bond donors (Lipinski definition) is 1. The van der Waals surface area contributed by atoms with E-state index in [0.717, 1.165) is 21.5 Å². The molecule has 1 N–H and O–H groups in total. The second-order valence-corrected chi connectivity index (χ2v) is 7.99. The molecule has 0 saturated carbocycles. The van der Waals surface area contributed by atoms with Crippen molar-refractivity contribution in [2.45, 2.75) is 13.5 Å². The van der Waals surface area contributed by atoms with Gasteiger partial charge < -0.3 is 5.32 Å². The number of benzene rings is 1. The maximum Gasteiger partial charge on any atom is 0.266 e. The average Bonchev–Trinajstić information content (AvgIpc) is 3.42. The largest absolute Gasteiger partial charge is 0.306 e. The van der Waals surface area contributed by atoms with E-state index in [4.69, 9.17) is 11.6 Å². The van der Waals surface area contributed by atoms with Gasteiger partial charge in [-0.05, 0) is 30.7 Å². The van der Waals surface area contributed by atoms with Gasteiger partial charge in [0.1, 0.15) is 10.6 Å². The van der Waals surface area contributed by atoms with Crippen LogP contribution in [0.4, 0.5) is 5.82 Å². The van der Waals surface area contributed by atoms with E-state index in [2.05, 4.69) is 20.5 Å². The zero-order valence-corrected chi connectivity index (χ0v) is 16.9. The van der Waals surface area contributed by atoms with E-state index < -0.39 is 0 Å². The van der Waals surface area contributed by atoms with E-state index in [-0.39, 0.29) is 5.91 Å². The van der Waals surface area contributed by atoms with Gasteiger partial charge in [0.15, 0.2) is 5.65 Å². The number of thiophene rings is 1. The number of rotatable bonds is 4. The molecule has 0 fully saturated rings. The Morgan fingerprint density at radius 1 is 1.21 bits per heavy atom. The smallest absolute Gasteiger partial charge is 0.266 e. The summed E-state index contributed by atoms with van der Waals surface area (Å²) in [6.45, 7) is 2.49. The molecule has 0 unspecified atom stereocenters. The van der Waals surface area contributed by atoms with Crippen LogP contribution in [0.2, 0.25) is 5.02 Å². The fourth-order valence-electron chi connectivity index (χ4n) is 3.23. The maximum absolute atomic E-state index is 12.9. The topological polar surface area (TPSA) is 77.1 Å². The zero-order chi connectivity index (χ0) is 20.0. The summed E-state index contributed by atoms with van der Waals surface area (Å²) in [7, 11) is 0. The first-order chi connectivity index (χ1) is 14.1. The molecule has 4 heterocycles. The van der Waals surface area contributed by atoms with Gasteiger partial charge in [0, 0.05) is 22.7 Å². The Bertz CT molecular complexity index is 1370. The van der Waals surface area contributed by atoms with Crippen molar-refractivity contribution in [1.82, 2.24) is 24.4 Å². The van der Waals surface area contributed by atoms with Gasteiger partial charge in [0.25, 0.3) is 5.91 Å². The maximum atomic E-state index is 12.9. The number of anilines is 1. The van der Waals surface area contributed by atoms with Crippen molar-refractivity contribution in [2.24, 2.45) is 0 Å². The molecule has 1 aromatic carbocycles. The van der Waals surface area contributed by atoms with Crippen LogP contribution in [0.25, 0.3) is 15.9 Å². The molecule has 0 spiro atoms. The summed E-state index contributed by atoms with van der Waals surface area (Å²) in [6, 6.07) is 13.1. The van der Waals surface area contributed by atoms with Crippen molar-refractivity contribution in [3.8, 4) is 0 Å². The monoisotopic (exact) mass is 422 g/mol. The van der Waals surface area contributed by atoms with Crippen molar-refractivity contribution in [1.29, 1.82) is 0 Å². The molecule has 7 nitrogen and oxygen atoms in total. The van der Waals surface area contributed by atoms with Crippen molar-refractivity contribution in [3.05, 3.63) is 76.0 Å². The third-order valence-corrected chi connectivity index (χ3v) is 6.16. The van der Waals surface area contributed by atoms with E-state index in [9.17, 15) is 4.79 Å². The highest BCUT2D eigenvalue weighted by molar-refractivity contribution is 7.20. The van der Waals surface area contributed by atoms with E-state index in [1.807, 2.05) is 41.9 Å². The third kappa shape index (κ3) is 3.16. The summed E-state index contributed by atoms with van der Waals surface area (Å²) >= 11 is 7.71. The average molecular weight is 423 g/mol. The van der Waals surface area contributed by atoms with Crippen LogP contribution >= 0.6 is 22.9 Å². The van der Waals surface area contributed by atoms with Gasteiger partial charge in [-0.25, -0.2) is 4.98 Å². The number of fused-ring (bicyclic) bond motifs is 2. The lowest BCUT2D eigenvalue weighted by Crippen LogP contribution is -2.13. The molecule has 29 heavy (non-hydrogen) atoms. The molecule has 0 aliphatic carbocycles. The molecule has 5 aromatic rings. The standard InChI is InChI=1S/C20H15ClN6OS/c1-12-14-10-16(19(28)24-18-6-8-22-17-7-9-23-27(17)18)29-20(14)26(25-12)11-13-4-2-3-5-15(13)21/h2-10H,11H2,1H3,(H,24,28). The summed E-state index contributed by atoms with van der Waals surface area (Å²) in [5.74, 6) is 0.370. The van der Waals surface area contributed by atoms with E-state index >= 15 is 0 Å². The Morgan fingerprint density at radius 3 is 2.93 bits per heavy atom. The Kier molecular flexibility index (Phi) is 4.30. The highest BCUT2D eigenvalue weighted by Crippen LogP contribution is 2.30. The second-order valence-electron chi connectivity index (χ2n) is 6.55. The molecule has 144 valence electrons. The van der Waals surface area contributed by atoms with Crippen molar-refractivity contribution in [2.75, 3.05) is 5.32 Å². The molecule has 4 aromatic heterocycles. The normalized spacial score (nSPS) is 11.4. The predicted octanol–water partition coefficient (Wildman–Crippen LogP) is 4.40. The van der Waals surface area contributed by atoms with Gasteiger partial charge >= 0.3 is 0 Å². The van der Waals surface area contributed by atoms with Crippen molar-refractivity contribution >= 4 is 50.5 Å². The number of aromatic nitrogens is 5. The van der Waals surface area contributed by atoms with E-state index in [1.54, 1.807) is 29.0 Å². The molecular formula is C20H15ClN6OS. The molecule has 0 aliphatic rings. The molecule has 0 atom stereocenters. The number of nitrogens with zero attached hydrogens (tertiary/aromatic N) is 5. The fraction of sp³-hybridized carbons (Fsp3) is 0.100. The molecule has 0 aliphatic heterocycles. The molecule has 0 radical (unpaired) electrons. The fourth-order valence-corrected chi connectivity index (χ4v) is 4.48. The quantitative estimate of drug-likeness (QED) is 0.465. The van der Waals surface area contributed by atoms with Crippen LogP contribution in [0.3, 0.4) is 0 Å². The van der Waals surface area contributed by atoms with E-state index in [0.29, 0.717) is 27.9 Å². The predicted molar refractivity (Wildman–Crippen MR) is 114 cm³/mol. The lowest BCUT2D eigenvalue weighted by Gasteiger charge is -2.06. The van der Waals surface area contributed by atoms with Gasteiger partial charge in [-0.1, -0.05) is 29.8 Å². The Hall–Kier alpha value is -3.23. The Labute approximate surface area is 174 Å². The first-order valence-corrected chi connectivity index (χ1v) is 10.1. The van der Waals surface area contributed by atoms with Crippen LogP contribution in [0.15, 0.2) is 54.9 Å². The minimum absolute atomic E-state index is 0.196. The van der Waals surface area contributed by atoms with Crippen LogP contribution in [0, 0.1) is 6.92 Å². The van der Waals surface area contributed by atoms with Crippen LogP contribution in [-0.2, 0) is 6.54 Å². The first-order valence-electron chi connectivity index (χ1n) is 8.90. The second kappa shape index (κ2) is 6.98. The van der Waals surface area contributed by atoms with Crippen LogP contribution < -0.4 is 5.32 Å². The van der Waals surface area contributed by atoms with Crippen LogP contribution in [-0.4, -0.2) is 30.3 Å². The SMILES string of the molecule is Cc1nn(Cc2ccccc2Cl)c2sc(C(=O)Nc3ccnc4ccnn34)cc12. The Morgan fingerprint density at radius 2 is 2.07 bits per heavy atom. The number of halogens is 1. The van der Waals surface area contributed by atoms with Gasteiger partial charge in [-0.15, -0.1) is 11.3 Å². The van der Waals surface area contributed by atoms with Crippen LogP contribution in [0.5, 0.6) is 0 Å². The number of hydrogen-bond acceptors (Lipinski definition) is 5. The lowest BCUT2D eigenvalue weighted by atomic mass is 10.2. The molecular weight excluding hydrogens is 408 g/mol. The number of carbonyl (C=O) groups excluding carboxylic acids is 1. The minimum atomic E-state index is -0.196. The summed E-state index contributed by atoms with van der Waals surface area (Å²) < 4.78 is 3.49. The molecule has 9 heteroatoms. The van der Waals surface area contributed by atoms with Gasteiger partial charge in [0.05, 0.1) is 23.3 Å². The van der Waals surface area contributed by atoms with Gasteiger partial charge in [-0.2, -0.15) is 14.7 Å². The van der Waals surface area contributed by atoms with Crippen molar-refractivity contribution < 1.29 is 4.79 Å². The number of amides is 1. The van der Waals surface area contributed by atoms with Crippen LogP contribution in [0.1, 0.15) is 20.9 Å². The minimum Gasteiger partial charge on any atom is -0.306 e. The highest BCUT2D eigenvalue weighted by Gasteiger charge is 2.18. The lowest BCUT2D eigenvalue weighted by molar-refractivity contribution is 0.103. The van der Waals surface area contributed by atoms with E-state index in [1.165, 1.54) is 11.3 Å². The van der Waals surface area contributed by atoms with Gasteiger partial charge in [0.2, 0.25) is 0 Å². The number of carbonyl (C=O) groups is 1. The summed E-state index contributed by atoms with van der Waals surface area (Å²) in [6.07, 6.45) is 3.28.